The Morgan fingerprint density at radius 2 is 2.00 bits per heavy atom. The Labute approximate surface area is 88.8 Å². The first-order valence-corrected chi connectivity index (χ1v) is 5.25. The van der Waals surface area contributed by atoms with Crippen LogP contribution in [0.1, 0.15) is 39.0 Å². The van der Waals surface area contributed by atoms with Gasteiger partial charge in [0.2, 0.25) is 0 Å². The molecule has 0 aromatic heterocycles. The van der Waals surface area contributed by atoms with Crippen LogP contribution in [0.4, 0.5) is 4.79 Å². The van der Waals surface area contributed by atoms with Crippen LogP contribution in [0.3, 0.4) is 0 Å². The summed E-state index contributed by atoms with van der Waals surface area (Å²) >= 11 is 0. The molecule has 5 nitrogen and oxygen atoms in total. The molecule has 1 saturated carbocycles. The fourth-order valence-electron chi connectivity index (χ4n) is 2.07. The molecule has 0 unspecified atom stereocenters. The third kappa shape index (κ3) is 3.42. The molecule has 0 heterocycles. The predicted molar refractivity (Wildman–Crippen MR) is 53.6 cm³/mol. The summed E-state index contributed by atoms with van der Waals surface area (Å²) < 4.78 is 4.77. The SMILES string of the molecule is CCOC(=O)NC1(CC(=O)O)CCCC1. The molecule has 0 atom stereocenters. The third-order valence-electron chi connectivity index (χ3n) is 2.69. The van der Waals surface area contributed by atoms with E-state index in [1.54, 1.807) is 6.92 Å². The molecule has 2 N–H and O–H groups in total. The molecular weight excluding hydrogens is 198 g/mol. The number of hydrogen-bond donors (Lipinski definition) is 2. The van der Waals surface area contributed by atoms with Crippen molar-refractivity contribution in [3.63, 3.8) is 0 Å². The van der Waals surface area contributed by atoms with Crippen molar-refractivity contribution >= 4 is 12.1 Å². The molecule has 1 rings (SSSR count). The Bertz CT molecular complexity index is 246. The molecule has 0 radical (unpaired) electrons. The molecular formula is C10H17NO4. The Morgan fingerprint density at radius 3 is 2.47 bits per heavy atom. The van der Waals surface area contributed by atoms with E-state index in [-0.39, 0.29) is 6.42 Å². The highest BCUT2D eigenvalue weighted by atomic mass is 16.5. The van der Waals surface area contributed by atoms with Gasteiger partial charge in [0.05, 0.1) is 18.6 Å². The maximum atomic E-state index is 11.3. The van der Waals surface area contributed by atoms with Gasteiger partial charge in [0.15, 0.2) is 0 Å². The van der Waals surface area contributed by atoms with E-state index in [2.05, 4.69) is 5.32 Å². The van der Waals surface area contributed by atoms with Crippen LogP contribution >= 0.6 is 0 Å². The van der Waals surface area contributed by atoms with Crippen LogP contribution in [0.2, 0.25) is 0 Å². The van der Waals surface area contributed by atoms with Crippen molar-refractivity contribution in [3.05, 3.63) is 0 Å². The molecule has 0 aromatic carbocycles. The molecule has 0 saturated heterocycles. The van der Waals surface area contributed by atoms with Crippen LogP contribution in [0.5, 0.6) is 0 Å². The summed E-state index contributed by atoms with van der Waals surface area (Å²) in [5.74, 6) is -0.881. The number of carbonyl (C=O) groups is 2. The minimum atomic E-state index is -0.881. The van der Waals surface area contributed by atoms with Crippen molar-refractivity contribution in [1.29, 1.82) is 0 Å². The predicted octanol–water partition coefficient (Wildman–Crippen LogP) is 1.52. The van der Waals surface area contributed by atoms with E-state index in [4.69, 9.17) is 9.84 Å². The summed E-state index contributed by atoms with van der Waals surface area (Å²) in [7, 11) is 0. The number of nitrogens with one attached hydrogen (secondary N) is 1. The molecule has 86 valence electrons. The molecule has 15 heavy (non-hydrogen) atoms. The standard InChI is InChI=1S/C10H17NO4/c1-2-15-9(14)11-10(7-8(12)13)5-3-4-6-10/h2-7H2,1H3,(H,11,14)(H,12,13). The van der Waals surface area contributed by atoms with Gasteiger partial charge in [-0.15, -0.1) is 0 Å². The second-order valence-corrected chi connectivity index (χ2v) is 3.90. The van der Waals surface area contributed by atoms with Gasteiger partial charge in [-0.25, -0.2) is 4.79 Å². The number of amides is 1. The minimum absolute atomic E-state index is 0.0220. The molecule has 1 fully saturated rings. The van der Waals surface area contributed by atoms with Crippen LogP contribution < -0.4 is 5.32 Å². The average Bonchev–Trinajstić information content (AvgIpc) is 2.51. The number of alkyl carbamates (subject to hydrolysis) is 1. The third-order valence-corrected chi connectivity index (χ3v) is 2.69. The molecule has 1 amide bonds. The normalized spacial score (nSPS) is 18.5. The number of carboxylic acids is 1. The fraction of sp³-hybridized carbons (Fsp3) is 0.800. The first kappa shape index (κ1) is 11.8. The van der Waals surface area contributed by atoms with Gasteiger partial charge in [-0.05, 0) is 19.8 Å². The lowest BCUT2D eigenvalue weighted by Crippen LogP contribution is -2.48. The number of rotatable bonds is 4. The van der Waals surface area contributed by atoms with Gasteiger partial charge >= 0.3 is 12.1 Å². The summed E-state index contributed by atoms with van der Waals surface area (Å²) in [5, 5.41) is 11.5. The monoisotopic (exact) mass is 215 g/mol. The highest BCUT2D eigenvalue weighted by molar-refractivity contribution is 5.72. The Kier molecular flexibility index (Phi) is 3.94. The summed E-state index contributed by atoms with van der Waals surface area (Å²) in [6.07, 6.45) is 2.82. The molecule has 0 spiro atoms. The van der Waals surface area contributed by atoms with Crippen LogP contribution in [-0.2, 0) is 9.53 Å². The topological polar surface area (TPSA) is 75.6 Å². The van der Waals surface area contributed by atoms with E-state index in [9.17, 15) is 9.59 Å². The van der Waals surface area contributed by atoms with Crippen LogP contribution in [0, 0.1) is 0 Å². The lowest BCUT2D eigenvalue weighted by Gasteiger charge is -2.27. The van der Waals surface area contributed by atoms with Crippen molar-refractivity contribution < 1.29 is 19.4 Å². The number of aliphatic carboxylic acids is 1. The van der Waals surface area contributed by atoms with E-state index in [0.717, 1.165) is 25.7 Å². The maximum Gasteiger partial charge on any atom is 0.407 e. The molecule has 5 heteroatoms. The van der Waals surface area contributed by atoms with Crippen molar-refractivity contribution in [2.45, 2.75) is 44.6 Å². The van der Waals surface area contributed by atoms with Gasteiger partial charge in [-0.1, -0.05) is 12.8 Å². The molecule has 1 aliphatic rings. The van der Waals surface area contributed by atoms with E-state index >= 15 is 0 Å². The molecule has 0 aromatic rings. The van der Waals surface area contributed by atoms with Crippen molar-refractivity contribution in [2.75, 3.05) is 6.61 Å². The van der Waals surface area contributed by atoms with Crippen molar-refractivity contribution in [3.8, 4) is 0 Å². The van der Waals surface area contributed by atoms with Crippen LogP contribution in [0.15, 0.2) is 0 Å². The maximum absolute atomic E-state index is 11.3. The van der Waals surface area contributed by atoms with Gasteiger partial charge in [0.25, 0.3) is 0 Å². The molecule has 0 bridgehead atoms. The number of carboxylic acid groups (broad SMARTS) is 1. The van der Waals surface area contributed by atoms with Gasteiger partial charge in [0.1, 0.15) is 0 Å². The van der Waals surface area contributed by atoms with Gasteiger partial charge < -0.3 is 15.2 Å². The highest BCUT2D eigenvalue weighted by Crippen LogP contribution is 2.32. The Hall–Kier alpha value is -1.26. The summed E-state index contributed by atoms with van der Waals surface area (Å²) in [5.41, 5.74) is -0.585. The zero-order chi connectivity index (χ0) is 11.3. The summed E-state index contributed by atoms with van der Waals surface area (Å²) in [6, 6.07) is 0. The zero-order valence-corrected chi connectivity index (χ0v) is 8.91. The van der Waals surface area contributed by atoms with E-state index in [0.29, 0.717) is 6.61 Å². The van der Waals surface area contributed by atoms with Gasteiger partial charge in [-0.2, -0.15) is 0 Å². The van der Waals surface area contributed by atoms with E-state index in [1.165, 1.54) is 0 Å². The van der Waals surface area contributed by atoms with E-state index < -0.39 is 17.6 Å². The van der Waals surface area contributed by atoms with Gasteiger partial charge in [0, 0.05) is 0 Å². The van der Waals surface area contributed by atoms with Crippen molar-refractivity contribution in [1.82, 2.24) is 5.32 Å². The Balaban J connectivity index is 2.56. The second-order valence-electron chi connectivity index (χ2n) is 3.90. The smallest absolute Gasteiger partial charge is 0.407 e. The minimum Gasteiger partial charge on any atom is -0.481 e. The van der Waals surface area contributed by atoms with Crippen molar-refractivity contribution in [2.24, 2.45) is 0 Å². The average molecular weight is 215 g/mol. The van der Waals surface area contributed by atoms with Crippen LogP contribution in [0.25, 0.3) is 0 Å². The zero-order valence-electron chi connectivity index (χ0n) is 8.91. The number of hydrogen-bond acceptors (Lipinski definition) is 3. The lowest BCUT2D eigenvalue weighted by atomic mass is 9.93. The van der Waals surface area contributed by atoms with Gasteiger partial charge in [-0.3, -0.25) is 4.79 Å². The Morgan fingerprint density at radius 1 is 1.40 bits per heavy atom. The molecule has 1 aliphatic carbocycles. The number of carbonyl (C=O) groups excluding carboxylic acids is 1. The first-order chi connectivity index (χ1) is 7.08. The quantitative estimate of drug-likeness (QED) is 0.745. The highest BCUT2D eigenvalue weighted by Gasteiger charge is 2.37. The fourth-order valence-corrected chi connectivity index (χ4v) is 2.07. The first-order valence-electron chi connectivity index (χ1n) is 5.25. The largest absolute Gasteiger partial charge is 0.481 e. The number of ether oxygens (including phenoxy) is 1. The van der Waals surface area contributed by atoms with E-state index in [1.807, 2.05) is 0 Å². The summed E-state index contributed by atoms with van der Waals surface area (Å²) in [6.45, 7) is 2.02. The summed E-state index contributed by atoms with van der Waals surface area (Å²) in [4.78, 5) is 22.0. The second kappa shape index (κ2) is 5.00. The van der Waals surface area contributed by atoms with Crippen LogP contribution in [-0.4, -0.2) is 29.3 Å². The molecule has 0 aliphatic heterocycles. The lowest BCUT2D eigenvalue weighted by molar-refractivity contribution is -0.138.